The van der Waals surface area contributed by atoms with E-state index < -0.39 is 4.92 Å². The summed E-state index contributed by atoms with van der Waals surface area (Å²) in [6.07, 6.45) is 5.73. The Hall–Kier alpha value is -1.23. The molecule has 1 saturated heterocycles. The first-order chi connectivity index (χ1) is 8.01. The summed E-state index contributed by atoms with van der Waals surface area (Å²) in [6, 6.07) is 0. The van der Waals surface area contributed by atoms with E-state index in [1.807, 2.05) is 0 Å². The lowest BCUT2D eigenvalue weighted by Gasteiger charge is -2.57. The van der Waals surface area contributed by atoms with E-state index in [2.05, 4.69) is 23.9 Å². The van der Waals surface area contributed by atoms with E-state index in [4.69, 9.17) is 0 Å². The van der Waals surface area contributed by atoms with Gasteiger partial charge in [0.1, 0.15) is 0 Å². The molecule has 0 aromatic rings. The third-order valence-corrected chi connectivity index (χ3v) is 3.61. The smallest absolute Gasteiger partial charge is 0.284 e. The van der Waals surface area contributed by atoms with Gasteiger partial charge in [-0.25, -0.2) is 0 Å². The molecule has 3 aliphatic rings. The van der Waals surface area contributed by atoms with Crippen LogP contribution in [0, 0.1) is 21.4 Å². The van der Waals surface area contributed by atoms with Gasteiger partial charge < -0.3 is 4.90 Å². The number of rotatable bonds is 1. The Labute approximate surface area is 101 Å². The van der Waals surface area contributed by atoms with Crippen molar-refractivity contribution in [3.8, 4) is 0 Å². The molecule has 0 atom stereocenters. The van der Waals surface area contributed by atoms with Crippen LogP contribution in [0.3, 0.4) is 0 Å². The average molecular weight is 237 g/mol. The second kappa shape index (κ2) is 4.56. The second-order valence-corrected chi connectivity index (χ2v) is 5.57. The quantitative estimate of drug-likeness (QED) is 0.514. The Balaban J connectivity index is 0.000000128. The molecule has 1 spiro atoms. The van der Waals surface area contributed by atoms with Gasteiger partial charge in [-0.05, 0) is 31.2 Å². The standard InChI is InChI=1S/C8H15N.C4H4N2O2/c1-7-3-8(4-7)5-9(2)6-8;7-6(8)4-1-2-5-3-4/h7H,3-6H2,1-2H3;1,3H,2H2. The number of aliphatic imine (C=N–C) groups is 1. The van der Waals surface area contributed by atoms with Crippen LogP contribution in [0.25, 0.3) is 0 Å². The lowest BCUT2D eigenvalue weighted by Crippen LogP contribution is -2.60. The topological polar surface area (TPSA) is 58.7 Å². The molecule has 5 heteroatoms. The van der Waals surface area contributed by atoms with Crippen LogP contribution in [0.2, 0.25) is 0 Å². The number of hydrogen-bond acceptors (Lipinski definition) is 4. The lowest BCUT2D eigenvalue weighted by atomic mass is 9.58. The van der Waals surface area contributed by atoms with Gasteiger partial charge in [0.25, 0.3) is 5.70 Å². The molecule has 0 aromatic heterocycles. The Morgan fingerprint density at radius 1 is 1.53 bits per heavy atom. The maximum Gasteiger partial charge on any atom is 0.284 e. The molecule has 0 bridgehead atoms. The monoisotopic (exact) mass is 237 g/mol. The highest BCUT2D eigenvalue weighted by molar-refractivity contribution is 5.77. The number of hydrogen-bond donors (Lipinski definition) is 0. The number of nitrogens with zero attached hydrogens (tertiary/aromatic N) is 3. The molecule has 2 fully saturated rings. The summed E-state index contributed by atoms with van der Waals surface area (Å²) in [7, 11) is 2.22. The van der Waals surface area contributed by atoms with Gasteiger partial charge in [-0.15, -0.1) is 0 Å². The van der Waals surface area contributed by atoms with Crippen molar-refractivity contribution in [2.24, 2.45) is 16.3 Å². The summed E-state index contributed by atoms with van der Waals surface area (Å²) in [5.41, 5.74) is 0.916. The summed E-state index contributed by atoms with van der Waals surface area (Å²) >= 11 is 0. The molecule has 5 nitrogen and oxygen atoms in total. The first-order valence-corrected chi connectivity index (χ1v) is 6.04. The van der Waals surface area contributed by atoms with Gasteiger partial charge in [0.2, 0.25) is 0 Å². The van der Waals surface area contributed by atoms with Crippen molar-refractivity contribution in [2.45, 2.75) is 19.8 Å². The molecule has 0 aromatic carbocycles. The summed E-state index contributed by atoms with van der Waals surface area (Å²) in [4.78, 5) is 15.4. The molecule has 94 valence electrons. The fraction of sp³-hybridized carbons (Fsp3) is 0.750. The summed E-state index contributed by atoms with van der Waals surface area (Å²) in [5.74, 6) is 1.03. The maximum absolute atomic E-state index is 9.85. The van der Waals surface area contributed by atoms with Crippen LogP contribution >= 0.6 is 0 Å². The molecule has 0 radical (unpaired) electrons. The van der Waals surface area contributed by atoms with Crippen LogP contribution in [0.1, 0.15) is 19.8 Å². The molecule has 2 heterocycles. The largest absolute Gasteiger partial charge is 0.305 e. The SMILES string of the molecule is CC1CC2(C1)CN(C)C2.O=[N+]([O-])C1=CCN=C1. The van der Waals surface area contributed by atoms with E-state index in [0.29, 0.717) is 6.54 Å². The predicted molar refractivity (Wildman–Crippen MR) is 66.8 cm³/mol. The van der Waals surface area contributed by atoms with Crippen molar-refractivity contribution in [1.82, 2.24) is 4.90 Å². The molecular weight excluding hydrogens is 218 g/mol. The van der Waals surface area contributed by atoms with Crippen molar-refractivity contribution < 1.29 is 4.92 Å². The zero-order chi connectivity index (χ0) is 12.5. The molecule has 0 N–H and O–H groups in total. The van der Waals surface area contributed by atoms with E-state index in [1.54, 1.807) is 0 Å². The molecular formula is C12H19N3O2. The van der Waals surface area contributed by atoms with Crippen LogP contribution < -0.4 is 0 Å². The van der Waals surface area contributed by atoms with Crippen molar-refractivity contribution >= 4 is 6.21 Å². The van der Waals surface area contributed by atoms with Gasteiger partial charge in [0.05, 0.1) is 17.7 Å². The van der Waals surface area contributed by atoms with Gasteiger partial charge in [-0.2, -0.15) is 0 Å². The van der Waals surface area contributed by atoms with Gasteiger partial charge >= 0.3 is 0 Å². The van der Waals surface area contributed by atoms with Crippen LogP contribution in [0.15, 0.2) is 16.8 Å². The highest BCUT2D eigenvalue weighted by atomic mass is 16.6. The van der Waals surface area contributed by atoms with Gasteiger partial charge in [0.15, 0.2) is 0 Å². The van der Waals surface area contributed by atoms with Crippen molar-refractivity contribution in [3.63, 3.8) is 0 Å². The first-order valence-electron chi connectivity index (χ1n) is 6.04. The Morgan fingerprint density at radius 3 is 2.47 bits per heavy atom. The van der Waals surface area contributed by atoms with Crippen LogP contribution in [0.5, 0.6) is 0 Å². The molecule has 3 rings (SSSR count). The summed E-state index contributed by atoms with van der Waals surface area (Å²) in [6.45, 7) is 5.56. The fourth-order valence-electron chi connectivity index (χ4n) is 3.24. The van der Waals surface area contributed by atoms with Gasteiger partial charge in [-0.3, -0.25) is 15.1 Å². The van der Waals surface area contributed by atoms with Crippen molar-refractivity contribution in [2.75, 3.05) is 26.7 Å². The van der Waals surface area contributed by atoms with E-state index in [9.17, 15) is 10.1 Å². The molecule has 0 amide bonds. The molecule has 1 aliphatic carbocycles. The molecule has 2 aliphatic heterocycles. The van der Waals surface area contributed by atoms with Gasteiger partial charge in [-0.1, -0.05) is 6.92 Å². The summed E-state index contributed by atoms with van der Waals surface area (Å²) in [5, 5.41) is 9.85. The summed E-state index contributed by atoms with van der Waals surface area (Å²) < 4.78 is 0. The third-order valence-electron chi connectivity index (χ3n) is 3.61. The molecule has 1 saturated carbocycles. The zero-order valence-corrected chi connectivity index (χ0v) is 10.4. The molecule has 0 unspecified atom stereocenters. The minimum absolute atomic E-state index is 0.102. The average Bonchev–Trinajstić information content (AvgIpc) is 2.66. The number of nitro groups is 1. The Morgan fingerprint density at radius 2 is 2.18 bits per heavy atom. The molecule has 17 heavy (non-hydrogen) atoms. The number of likely N-dealkylation sites (tertiary alicyclic amines) is 1. The van der Waals surface area contributed by atoms with E-state index in [0.717, 1.165) is 11.3 Å². The third kappa shape index (κ3) is 2.72. The lowest BCUT2D eigenvalue weighted by molar-refractivity contribution is -0.414. The minimum atomic E-state index is -0.448. The predicted octanol–water partition coefficient (Wildman–Crippen LogP) is 1.58. The van der Waals surface area contributed by atoms with Crippen molar-refractivity contribution in [3.05, 3.63) is 21.9 Å². The van der Waals surface area contributed by atoms with Crippen LogP contribution in [0.4, 0.5) is 0 Å². The Kier molecular flexibility index (Phi) is 3.28. The van der Waals surface area contributed by atoms with Gasteiger partial charge in [0, 0.05) is 19.2 Å². The second-order valence-electron chi connectivity index (χ2n) is 5.57. The Bertz CT molecular complexity index is 344. The maximum atomic E-state index is 9.85. The normalized spacial score (nSPS) is 25.6. The minimum Gasteiger partial charge on any atom is -0.305 e. The van der Waals surface area contributed by atoms with E-state index in [1.165, 1.54) is 38.2 Å². The highest BCUT2D eigenvalue weighted by Crippen LogP contribution is 2.50. The highest BCUT2D eigenvalue weighted by Gasteiger charge is 2.48. The zero-order valence-electron chi connectivity index (χ0n) is 10.4. The van der Waals surface area contributed by atoms with Crippen LogP contribution in [-0.2, 0) is 0 Å². The fourth-order valence-corrected chi connectivity index (χ4v) is 3.24. The first kappa shape index (κ1) is 12.2. The number of allylic oxidation sites excluding steroid dienone is 1. The van der Waals surface area contributed by atoms with Crippen LogP contribution in [-0.4, -0.2) is 42.7 Å². The van der Waals surface area contributed by atoms with Crippen molar-refractivity contribution in [1.29, 1.82) is 0 Å². The van der Waals surface area contributed by atoms with E-state index >= 15 is 0 Å². The van der Waals surface area contributed by atoms with E-state index in [-0.39, 0.29) is 5.70 Å².